The second kappa shape index (κ2) is 4.90. The van der Waals surface area contributed by atoms with Crippen LogP contribution in [0.5, 0.6) is 0 Å². The number of aromatic amines is 1. The lowest BCUT2D eigenvalue weighted by Crippen LogP contribution is -2.34. The van der Waals surface area contributed by atoms with Gasteiger partial charge in [-0.2, -0.15) is 5.21 Å². The Morgan fingerprint density at radius 3 is 2.72 bits per heavy atom. The quantitative estimate of drug-likeness (QED) is 0.460. The smallest absolute Gasteiger partial charge is 0.320 e. The molecule has 1 aliphatic rings. The summed E-state index contributed by atoms with van der Waals surface area (Å²) in [5.74, 6) is -3.33. The Labute approximate surface area is 105 Å². The van der Waals surface area contributed by atoms with E-state index in [9.17, 15) is 9.59 Å². The number of hydrogen-bond acceptors (Lipinski definition) is 7. The second-order valence-corrected chi connectivity index (χ2v) is 4.96. The Hall–Kier alpha value is -1.68. The Morgan fingerprint density at radius 1 is 1.50 bits per heavy atom. The molecule has 4 atom stereocenters. The van der Waals surface area contributed by atoms with Crippen molar-refractivity contribution in [1.82, 2.24) is 20.6 Å². The fraction of sp³-hybridized carbons (Fsp3) is 0.625. The van der Waals surface area contributed by atoms with Crippen molar-refractivity contribution in [2.24, 2.45) is 23.5 Å². The second-order valence-electron chi connectivity index (χ2n) is 3.97. The monoisotopic (exact) mass is 273 g/mol. The molecule has 1 aromatic rings. The van der Waals surface area contributed by atoms with Crippen LogP contribution in [0.25, 0.3) is 0 Å². The van der Waals surface area contributed by atoms with E-state index in [1.165, 1.54) is 11.8 Å². The molecule has 1 saturated carbocycles. The van der Waals surface area contributed by atoms with E-state index < -0.39 is 29.8 Å². The van der Waals surface area contributed by atoms with Gasteiger partial charge in [0, 0.05) is 11.7 Å². The van der Waals surface area contributed by atoms with E-state index in [2.05, 4.69) is 20.6 Å². The first kappa shape index (κ1) is 12.8. The van der Waals surface area contributed by atoms with Gasteiger partial charge in [0.25, 0.3) is 0 Å². The third-order valence-electron chi connectivity index (χ3n) is 2.95. The van der Waals surface area contributed by atoms with Crippen molar-refractivity contribution in [3.8, 4) is 0 Å². The number of carboxylic acid groups (broad SMARTS) is 2. The fourth-order valence-corrected chi connectivity index (χ4v) is 2.98. The highest BCUT2D eigenvalue weighted by molar-refractivity contribution is 7.99. The van der Waals surface area contributed by atoms with E-state index in [0.717, 1.165) is 0 Å². The molecule has 0 amide bonds. The molecule has 0 radical (unpaired) electrons. The predicted molar refractivity (Wildman–Crippen MR) is 58.6 cm³/mol. The average molecular weight is 273 g/mol. The molecule has 1 aliphatic carbocycles. The summed E-state index contributed by atoms with van der Waals surface area (Å²) in [5.41, 5.74) is 5.47. The molecule has 10 heteroatoms. The molecule has 1 aromatic heterocycles. The molecular weight excluding hydrogens is 262 g/mol. The number of aromatic nitrogens is 4. The first-order chi connectivity index (χ1) is 8.52. The van der Waals surface area contributed by atoms with Crippen LogP contribution in [-0.2, 0) is 9.59 Å². The predicted octanol–water partition coefficient (Wildman–Crippen LogP) is -1.35. The molecule has 0 saturated heterocycles. The maximum atomic E-state index is 11.0. The number of tetrazole rings is 1. The summed E-state index contributed by atoms with van der Waals surface area (Å²) >= 11 is 1.22. The molecule has 9 nitrogen and oxygen atoms in total. The average Bonchev–Trinajstić information content (AvgIpc) is 2.80. The number of nitrogens with zero attached hydrogens (tertiary/aromatic N) is 3. The normalized spacial score (nSPS) is 27.7. The van der Waals surface area contributed by atoms with Gasteiger partial charge in [0.2, 0.25) is 5.16 Å². The number of nitrogens with two attached hydrogens (primary N) is 1. The van der Waals surface area contributed by atoms with Gasteiger partial charge in [0.15, 0.2) is 0 Å². The Bertz CT molecular complexity index is 452. The van der Waals surface area contributed by atoms with Gasteiger partial charge < -0.3 is 15.9 Å². The van der Waals surface area contributed by atoms with Crippen LogP contribution in [0.3, 0.4) is 0 Å². The van der Waals surface area contributed by atoms with Gasteiger partial charge in [0.1, 0.15) is 6.04 Å². The van der Waals surface area contributed by atoms with Crippen molar-refractivity contribution in [2.45, 2.75) is 11.2 Å². The zero-order valence-corrected chi connectivity index (χ0v) is 9.87. The Morgan fingerprint density at radius 2 is 2.22 bits per heavy atom. The van der Waals surface area contributed by atoms with Gasteiger partial charge in [0.05, 0.1) is 5.92 Å². The Balaban J connectivity index is 1.95. The molecule has 0 aromatic carbocycles. The molecule has 2 rings (SSSR count). The molecular formula is C8H11N5O4S. The van der Waals surface area contributed by atoms with Crippen LogP contribution in [0.4, 0.5) is 0 Å². The highest BCUT2D eigenvalue weighted by Gasteiger charge is 2.59. The van der Waals surface area contributed by atoms with Crippen molar-refractivity contribution in [2.75, 3.05) is 5.75 Å². The maximum absolute atomic E-state index is 11.0. The highest BCUT2D eigenvalue weighted by Crippen LogP contribution is 2.50. The minimum Gasteiger partial charge on any atom is -0.481 e. The van der Waals surface area contributed by atoms with E-state index in [4.69, 9.17) is 15.9 Å². The van der Waals surface area contributed by atoms with Crippen LogP contribution >= 0.6 is 11.8 Å². The zero-order chi connectivity index (χ0) is 13.3. The van der Waals surface area contributed by atoms with Crippen molar-refractivity contribution < 1.29 is 19.8 Å². The van der Waals surface area contributed by atoms with Crippen molar-refractivity contribution in [3.63, 3.8) is 0 Å². The number of rotatable bonds is 6. The van der Waals surface area contributed by atoms with E-state index >= 15 is 0 Å². The highest BCUT2D eigenvalue weighted by atomic mass is 32.2. The summed E-state index contributed by atoms with van der Waals surface area (Å²) in [6, 6.07) is -1.15. The zero-order valence-electron chi connectivity index (χ0n) is 9.05. The first-order valence-electron chi connectivity index (χ1n) is 5.09. The molecule has 0 unspecified atom stereocenters. The minimum atomic E-state index is -1.18. The number of nitrogens with one attached hydrogen (secondary N) is 1. The number of thioether (sulfide) groups is 1. The summed E-state index contributed by atoms with van der Waals surface area (Å²) in [5, 5.41) is 31.2. The fourth-order valence-electron chi connectivity index (χ4n) is 2.00. The lowest BCUT2D eigenvalue weighted by molar-refractivity contribution is -0.140. The van der Waals surface area contributed by atoms with E-state index in [1.807, 2.05) is 0 Å². The van der Waals surface area contributed by atoms with Crippen molar-refractivity contribution >= 4 is 23.7 Å². The minimum absolute atomic E-state index is 0.280. The molecule has 18 heavy (non-hydrogen) atoms. The molecule has 1 heterocycles. The number of carboxylic acids is 2. The summed E-state index contributed by atoms with van der Waals surface area (Å²) < 4.78 is 0. The van der Waals surface area contributed by atoms with Gasteiger partial charge in [-0.05, 0) is 11.1 Å². The van der Waals surface area contributed by atoms with Crippen molar-refractivity contribution in [1.29, 1.82) is 0 Å². The van der Waals surface area contributed by atoms with Gasteiger partial charge in [-0.15, -0.1) is 10.2 Å². The topological polar surface area (TPSA) is 155 Å². The van der Waals surface area contributed by atoms with Crippen LogP contribution in [0.15, 0.2) is 5.16 Å². The van der Waals surface area contributed by atoms with Gasteiger partial charge in [-0.3, -0.25) is 9.59 Å². The van der Waals surface area contributed by atoms with E-state index in [-0.39, 0.29) is 5.92 Å². The number of carbonyl (C=O) groups is 2. The van der Waals surface area contributed by atoms with Crippen LogP contribution in [0, 0.1) is 17.8 Å². The summed E-state index contributed by atoms with van der Waals surface area (Å²) in [7, 11) is 0. The molecule has 0 aliphatic heterocycles. The first-order valence-corrected chi connectivity index (χ1v) is 6.08. The summed E-state index contributed by atoms with van der Waals surface area (Å²) in [6.07, 6.45) is 0. The molecule has 98 valence electrons. The van der Waals surface area contributed by atoms with E-state index in [0.29, 0.717) is 10.9 Å². The molecule has 0 bridgehead atoms. The number of H-pyrrole nitrogens is 1. The van der Waals surface area contributed by atoms with Crippen molar-refractivity contribution in [3.05, 3.63) is 0 Å². The van der Waals surface area contributed by atoms with Crippen LogP contribution in [0.2, 0.25) is 0 Å². The van der Waals surface area contributed by atoms with Gasteiger partial charge in [-0.25, -0.2) is 0 Å². The van der Waals surface area contributed by atoms with Gasteiger partial charge in [-0.1, -0.05) is 11.8 Å². The largest absolute Gasteiger partial charge is 0.481 e. The van der Waals surface area contributed by atoms with Crippen LogP contribution in [-0.4, -0.2) is 54.6 Å². The van der Waals surface area contributed by atoms with Crippen LogP contribution in [0.1, 0.15) is 0 Å². The number of hydrogen-bond donors (Lipinski definition) is 4. The van der Waals surface area contributed by atoms with Gasteiger partial charge >= 0.3 is 11.9 Å². The Kier molecular flexibility index (Phi) is 3.48. The summed E-state index contributed by atoms with van der Waals surface area (Å²) in [6.45, 7) is 0. The van der Waals surface area contributed by atoms with E-state index in [1.54, 1.807) is 0 Å². The standard InChI is InChI=1S/C8H11N5O4S/c9-5(7(16)17)3-2(4(3)6(14)15)1-18-8-10-12-13-11-8/h2-5H,1,9H2,(H,14,15)(H,16,17)(H,10,11,12,13)/t2-,3+,4+,5+/m1/s1. The third kappa shape index (κ3) is 2.43. The van der Waals surface area contributed by atoms with Crippen LogP contribution < -0.4 is 5.73 Å². The molecule has 5 N–H and O–H groups in total. The summed E-state index contributed by atoms with van der Waals surface area (Å²) in [4.78, 5) is 21.7. The third-order valence-corrected chi connectivity index (χ3v) is 3.93. The lowest BCUT2D eigenvalue weighted by atomic mass is 10.1. The SMILES string of the molecule is N[C@H](C(=O)O)[C@H]1[C@@H](CSc2nn[nH]n2)[C@@H]1C(=O)O. The maximum Gasteiger partial charge on any atom is 0.320 e. The lowest BCUT2D eigenvalue weighted by Gasteiger charge is -2.03. The molecule has 1 fully saturated rings. The number of aliphatic carboxylic acids is 2. The molecule has 0 spiro atoms.